The topological polar surface area (TPSA) is 90.0 Å². The molecule has 0 aromatic carbocycles. The Morgan fingerprint density at radius 3 is 2.61 bits per heavy atom. The largest absolute Gasteiger partial charge is 0.433 e. The molecule has 120 valence electrons. The normalized spacial score (nSPS) is 12.0. The van der Waals surface area contributed by atoms with Crippen molar-refractivity contribution in [1.29, 1.82) is 0 Å². The highest BCUT2D eigenvalue weighted by molar-refractivity contribution is 6.00. The number of amides is 1. The zero-order chi connectivity index (χ0) is 16.9. The molecule has 0 bridgehead atoms. The summed E-state index contributed by atoms with van der Waals surface area (Å²) in [5, 5.41) is 0.183. The molecule has 0 saturated carbocycles. The number of nitrogens with one attached hydrogen (secondary N) is 1. The number of carbonyl (C=O) groups excluding carboxylic acids is 1. The monoisotopic (exact) mass is 326 g/mol. The third-order valence-electron chi connectivity index (χ3n) is 3.08. The van der Waals surface area contributed by atoms with E-state index in [2.05, 4.69) is 15.4 Å². The summed E-state index contributed by atoms with van der Waals surface area (Å²) < 4.78 is 44.1. The minimum Gasteiger partial charge on any atom is -0.430 e. The molecule has 0 aliphatic carbocycles. The Morgan fingerprint density at radius 1 is 1.30 bits per heavy atom. The lowest BCUT2D eigenvalue weighted by molar-refractivity contribution is -0.141. The van der Waals surface area contributed by atoms with Gasteiger partial charge >= 0.3 is 11.7 Å². The summed E-state index contributed by atoms with van der Waals surface area (Å²) >= 11 is 0. The maximum Gasteiger partial charge on any atom is 0.433 e. The highest BCUT2D eigenvalue weighted by Crippen LogP contribution is 2.31. The van der Waals surface area contributed by atoms with E-state index in [9.17, 15) is 22.8 Å². The number of aromatic nitrogens is 3. The summed E-state index contributed by atoms with van der Waals surface area (Å²) in [5.41, 5.74) is -0.167. The van der Waals surface area contributed by atoms with Crippen LogP contribution in [0.2, 0.25) is 0 Å². The minimum atomic E-state index is -4.63. The van der Waals surface area contributed by atoms with Gasteiger partial charge in [0.05, 0.1) is 5.39 Å². The van der Waals surface area contributed by atoms with Crippen molar-refractivity contribution in [1.82, 2.24) is 14.6 Å². The van der Waals surface area contributed by atoms with Gasteiger partial charge in [0.25, 0.3) is 0 Å². The number of halogens is 3. The summed E-state index contributed by atoms with van der Waals surface area (Å²) in [7, 11) is 0. The molecule has 1 amide bonds. The average Bonchev–Trinajstić information content (AvgIpc) is 2.80. The molecule has 3 heterocycles. The number of rotatable bonds is 1. The Bertz CT molecular complexity index is 1000. The second-order valence-electron chi connectivity index (χ2n) is 4.79. The van der Waals surface area contributed by atoms with Gasteiger partial charge in [0, 0.05) is 6.92 Å². The van der Waals surface area contributed by atoms with Crippen LogP contribution in [0, 0.1) is 6.92 Å². The molecule has 3 aromatic rings. The van der Waals surface area contributed by atoms with Crippen LogP contribution in [0.25, 0.3) is 22.2 Å². The van der Waals surface area contributed by atoms with Gasteiger partial charge in [-0.2, -0.15) is 13.2 Å². The predicted octanol–water partition coefficient (Wildman–Crippen LogP) is 1.95. The van der Waals surface area contributed by atoms with Crippen molar-refractivity contribution in [3.8, 4) is 0 Å². The fourth-order valence-electron chi connectivity index (χ4n) is 2.13. The summed E-state index contributed by atoms with van der Waals surface area (Å²) in [5.74, 6) is -0.356. The second kappa shape index (κ2) is 4.80. The lowest BCUT2D eigenvalue weighted by Crippen LogP contribution is -2.34. The number of furan rings is 1. The molecule has 1 N–H and O–H groups in total. The summed E-state index contributed by atoms with van der Waals surface area (Å²) in [6.07, 6.45) is -4.63. The van der Waals surface area contributed by atoms with E-state index < -0.39 is 23.3 Å². The van der Waals surface area contributed by atoms with Gasteiger partial charge < -0.3 is 4.42 Å². The lowest BCUT2D eigenvalue weighted by atomic mass is 10.2. The standard InChI is InChI=1S/C13H9F3N4O3/c1-5-17-9-7-3-4-8(13(14,15)16)18-11(7)23-10(9)12(22)20(5)19-6(2)21/h3-4H,1-2H3,(H,19,21). The van der Waals surface area contributed by atoms with E-state index in [1.807, 2.05) is 0 Å². The second-order valence-corrected chi connectivity index (χ2v) is 4.79. The van der Waals surface area contributed by atoms with Gasteiger partial charge in [-0.3, -0.25) is 15.0 Å². The van der Waals surface area contributed by atoms with Crippen molar-refractivity contribution < 1.29 is 22.4 Å². The first-order chi connectivity index (χ1) is 10.7. The molecule has 0 spiro atoms. The van der Waals surface area contributed by atoms with Crippen molar-refractivity contribution in [3.05, 3.63) is 34.0 Å². The van der Waals surface area contributed by atoms with Crippen molar-refractivity contribution in [2.45, 2.75) is 20.0 Å². The molecule has 0 aliphatic rings. The van der Waals surface area contributed by atoms with Crippen LogP contribution in [0.4, 0.5) is 13.2 Å². The fourth-order valence-corrected chi connectivity index (χ4v) is 2.13. The van der Waals surface area contributed by atoms with Crippen LogP contribution in [0.3, 0.4) is 0 Å². The molecule has 0 unspecified atom stereocenters. The van der Waals surface area contributed by atoms with Crippen LogP contribution in [-0.2, 0) is 11.0 Å². The smallest absolute Gasteiger partial charge is 0.430 e. The van der Waals surface area contributed by atoms with Gasteiger partial charge in [0.15, 0.2) is 0 Å². The first kappa shape index (κ1) is 15.0. The lowest BCUT2D eigenvalue weighted by Gasteiger charge is -2.07. The summed E-state index contributed by atoms with van der Waals surface area (Å²) in [6, 6.07) is 1.93. The molecule has 23 heavy (non-hydrogen) atoms. The summed E-state index contributed by atoms with van der Waals surface area (Å²) in [6.45, 7) is 2.67. The number of fused-ring (bicyclic) bond motifs is 3. The van der Waals surface area contributed by atoms with Crippen LogP contribution in [0.15, 0.2) is 21.3 Å². The van der Waals surface area contributed by atoms with Crippen molar-refractivity contribution in [2.24, 2.45) is 0 Å². The molecule has 0 radical (unpaired) electrons. The third-order valence-corrected chi connectivity index (χ3v) is 3.08. The van der Waals surface area contributed by atoms with Gasteiger partial charge in [-0.05, 0) is 19.1 Å². The zero-order valence-electron chi connectivity index (χ0n) is 11.9. The maximum atomic E-state index is 12.7. The number of alkyl halides is 3. The van der Waals surface area contributed by atoms with Crippen molar-refractivity contribution in [3.63, 3.8) is 0 Å². The van der Waals surface area contributed by atoms with E-state index in [-0.39, 0.29) is 28.0 Å². The SMILES string of the molecule is CC(=O)Nn1c(C)nc2c(oc3nc(C(F)(F)F)ccc32)c1=O. The first-order valence-electron chi connectivity index (χ1n) is 6.36. The number of aryl methyl sites for hydroxylation is 1. The molecule has 10 heteroatoms. The van der Waals surface area contributed by atoms with Crippen molar-refractivity contribution in [2.75, 3.05) is 5.43 Å². The Labute approximate surface area is 125 Å². The molecule has 0 atom stereocenters. The van der Waals surface area contributed by atoms with Crippen LogP contribution in [0.5, 0.6) is 0 Å². The van der Waals surface area contributed by atoms with E-state index in [1.165, 1.54) is 13.8 Å². The molecule has 3 aromatic heterocycles. The number of nitrogens with zero attached hydrogens (tertiary/aromatic N) is 3. The van der Waals surface area contributed by atoms with Crippen LogP contribution in [0.1, 0.15) is 18.4 Å². The zero-order valence-corrected chi connectivity index (χ0v) is 11.9. The molecular weight excluding hydrogens is 317 g/mol. The van der Waals surface area contributed by atoms with Crippen LogP contribution in [-0.4, -0.2) is 20.6 Å². The van der Waals surface area contributed by atoms with Gasteiger partial charge in [-0.25, -0.2) is 14.6 Å². The Kier molecular flexibility index (Phi) is 3.13. The third kappa shape index (κ3) is 2.41. The van der Waals surface area contributed by atoms with Crippen LogP contribution >= 0.6 is 0 Å². The van der Waals surface area contributed by atoms with E-state index in [0.717, 1.165) is 16.8 Å². The number of pyridine rings is 1. The van der Waals surface area contributed by atoms with Gasteiger partial charge in [0.2, 0.25) is 17.2 Å². The van der Waals surface area contributed by atoms with Gasteiger partial charge in [-0.1, -0.05) is 0 Å². The molecule has 3 rings (SSSR count). The molecule has 0 fully saturated rings. The first-order valence-corrected chi connectivity index (χ1v) is 6.36. The van der Waals surface area contributed by atoms with E-state index in [0.29, 0.717) is 0 Å². The molecular formula is C13H9F3N4O3. The maximum absolute atomic E-state index is 12.7. The molecule has 0 aliphatic heterocycles. The van der Waals surface area contributed by atoms with Gasteiger partial charge in [0.1, 0.15) is 17.0 Å². The Morgan fingerprint density at radius 2 is 2.00 bits per heavy atom. The Balaban J connectivity index is 2.33. The van der Waals surface area contributed by atoms with E-state index in [4.69, 9.17) is 4.42 Å². The van der Waals surface area contributed by atoms with Gasteiger partial charge in [-0.15, -0.1) is 0 Å². The summed E-state index contributed by atoms with van der Waals surface area (Å²) in [4.78, 5) is 30.9. The van der Waals surface area contributed by atoms with Crippen LogP contribution < -0.4 is 11.0 Å². The Hall–Kier alpha value is -2.91. The average molecular weight is 326 g/mol. The van der Waals surface area contributed by atoms with E-state index in [1.54, 1.807) is 0 Å². The number of carbonyl (C=O) groups is 1. The highest BCUT2D eigenvalue weighted by Gasteiger charge is 2.33. The van der Waals surface area contributed by atoms with Crippen molar-refractivity contribution >= 4 is 28.1 Å². The quantitative estimate of drug-likeness (QED) is 0.738. The molecule has 0 saturated heterocycles. The predicted molar refractivity (Wildman–Crippen MR) is 73.4 cm³/mol. The molecule has 7 nitrogen and oxygen atoms in total. The van der Waals surface area contributed by atoms with E-state index >= 15 is 0 Å². The minimum absolute atomic E-state index is 0.0883. The number of hydrogen-bond donors (Lipinski definition) is 1. The number of hydrogen-bond acceptors (Lipinski definition) is 5. The fraction of sp³-hybridized carbons (Fsp3) is 0.231. The highest BCUT2D eigenvalue weighted by atomic mass is 19.4.